The van der Waals surface area contributed by atoms with Crippen LogP contribution in [-0.4, -0.2) is 23.3 Å². The molecule has 0 spiro atoms. The molecule has 0 bridgehead atoms. The van der Waals surface area contributed by atoms with Crippen LogP contribution in [0.1, 0.15) is 6.42 Å². The highest BCUT2D eigenvalue weighted by atomic mass is 32.4. The second-order valence-corrected chi connectivity index (χ2v) is 3.07. The quantitative estimate of drug-likeness (QED) is 0.584. The average molecular weight is 165 g/mol. The third-order valence-corrected chi connectivity index (χ3v) is 1.84. The van der Waals surface area contributed by atoms with Gasteiger partial charge in [0, 0.05) is 6.16 Å². The lowest BCUT2D eigenvalue weighted by molar-refractivity contribution is -0.138. The lowest BCUT2D eigenvalue weighted by Gasteiger charge is -2.00. The minimum Gasteiger partial charge on any atom is -0.480 e. The molecule has 5 heteroatoms. The Morgan fingerprint density at radius 2 is 2.44 bits per heavy atom. The molecule has 0 radical (unpaired) electrons. The fourth-order valence-electron chi connectivity index (χ4n) is 0.315. The Morgan fingerprint density at radius 1 is 1.89 bits per heavy atom. The SMILES string of the molecule is N[C@H](CCP=S)C(=O)O. The Kier molecular flexibility index (Phi) is 4.77. The molecule has 0 saturated heterocycles. The monoisotopic (exact) mass is 165 g/mol. The summed E-state index contributed by atoms with van der Waals surface area (Å²) in [6, 6.07) is -0.736. The van der Waals surface area contributed by atoms with Crippen molar-refractivity contribution in [2.45, 2.75) is 12.5 Å². The van der Waals surface area contributed by atoms with Crippen molar-refractivity contribution in [1.82, 2.24) is 0 Å². The van der Waals surface area contributed by atoms with E-state index in [9.17, 15) is 4.79 Å². The fourth-order valence-corrected chi connectivity index (χ4v) is 1.02. The van der Waals surface area contributed by atoms with Gasteiger partial charge in [0.1, 0.15) is 6.04 Å². The van der Waals surface area contributed by atoms with Crippen LogP contribution in [0.25, 0.3) is 0 Å². The number of carboxylic acid groups (broad SMARTS) is 1. The van der Waals surface area contributed by atoms with Crippen molar-refractivity contribution in [2.24, 2.45) is 5.73 Å². The van der Waals surface area contributed by atoms with Crippen molar-refractivity contribution in [3.8, 4) is 0 Å². The largest absolute Gasteiger partial charge is 0.480 e. The number of rotatable bonds is 4. The van der Waals surface area contributed by atoms with Crippen LogP contribution in [0.3, 0.4) is 0 Å². The molecule has 0 fully saturated rings. The predicted octanol–water partition coefficient (Wildman–Crippen LogP) is 0.196. The maximum absolute atomic E-state index is 10.0. The Balaban J connectivity index is 3.37. The average Bonchev–Trinajstić information content (AvgIpc) is 1.82. The lowest BCUT2D eigenvalue weighted by Crippen LogP contribution is -2.30. The summed E-state index contributed by atoms with van der Waals surface area (Å²) in [6.45, 7) is 0. The molecule has 3 nitrogen and oxygen atoms in total. The van der Waals surface area contributed by atoms with Crippen molar-refractivity contribution in [3.05, 3.63) is 0 Å². The summed E-state index contributed by atoms with van der Waals surface area (Å²) in [7, 11) is 0.785. The van der Waals surface area contributed by atoms with Crippen LogP contribution in [0.15, 0.2) is 0 Å². The maximum Gasteiger partial charge on any atom is 0.320 e. The predicted molar refractivity (Wildman–Crippen MR) is 39.4 cm³/mol. The number of nitrogens with two attached hydrogens (primary N) is 1. The molecule has 0 aromatic rings. The normalized spacial score (nSPS) is 13.4. The van der Waals surface area contributed by atoms with E-state index in [4.69, 9.17) is 10.8 Å². The zero-order valence-electron chi connectivity index (χ0n) is 4.78. The third-order valence-electron chi connectivity index (χ3n) is 0.849. The van der Waals surface area contributed by atoms with Gasteiger partial charge in [0.25, 0.3) is 0 Å². The topological polar surface area (TPSA) is 63.3 Å². The van der Waals surface area contributed by atoms with E-state index >= 15 is 0 Å². The van der Waals surface area contributed by atoms with E-state index < -0.39 is 12.0 Å². The molecule has 0 aliphatic heterocycles. The molecular weight excluding hydrogens is 157 g/mol. The van der Waals surface area contributed by atoms with Crippen LogP contribution in [0.4, 0.5) is 0 Å². The van der Waals surface area contributed by atoms with Gasteiger partial charge in [-0.3, -0.25) is 4.79 Å². The molecule has 0 aliphatic rings. The van der Waals surface area contributed by atoms with E-state index in [2.05, 4.69) is 11.8 Å². The van der Waals surface area contributed by atoms with Gasteiger partial charge in [-0.05, 0) is 13.8 Å². The second-order valence-electron chi connectivity index (χ2n) is 1.59. The highest BCUT2D eigenvalue weighted by Crippen LogP contribution is 1.97. The summed E-state index contributed by atoms with van der Waals surface area (Å²) >= 11 is 4.58. The van der Waals surface area contributed by atoms with E-state index in [0.29, 0.717) is 12.6 Å². The summed E-state index contributed by atoms with van der Waals surface area (Å²) in [6.07, 6.45) is 1.16. The number of carbonyl (C=O) groups is 1. The fraction of sp³-hybridized carbons (Fsp3) is 0.750. The van der Waals surface area contributed by atoms with Crippen LogP contribution in [0, 0.1) is 0 Å². The van der Waals surface area contributed by atoms with Crippen LogP contribution in [0.5, 0.6) is 0 Å². The minimum absolute atomic E-state index is 0.473. The standard InChI is InChI=1S/C4H8NO2PS/c5-3(4(6)7)1-2-8-9/h3H,1-2,5H2,(H,6,7)/t3-/m1/s1. The first-order valence-electron chi connectivity index (χ1n) is 2.46. The van der Waals surface area contributed by atoms with Gasteiger partial charge in [-0.2, -0.15) is 0 Å². The van der Waals surface area contributed by atoms with Crippen LogP contribution in [-0.2, 0) is 16.6 Å². The Hall–Kier alpha value is -0.0500. The van der Waals surface area contributed by atoms with E-state index in [1.807, 2.05) is 0 Å². The zero-order chi connectivity index (χ0) is 7.28. The van der Waals surface area contributed by atoms with Crippen LogP contribution in [0.2, 0.25) is 0 Å². The van der Waals surface area contributed by atoms with Crippen LogP contribution < -0.4 is 5.73 Å². The van der Waals surface area contributed by atoms with Gasteiger partial charge >= 0.3 is 5.97 Å². The van der Waals surface area contributed by atoms with E-state index in [1.54, 1.807) is 0 Å². The molecule has 1 atom stereocenters. The minimum atomic E-state index is -0.950. The maximum atomic E-state index is 10.0. The third kappa shape index (κ3) is 4.45. The molecule has 3 N–H and O–H groups in total. The Bertz CT molecular complexity index is 119. The molecule has 0 heterocycles. The van der Waals surface area contributed by atoms with Crippen molar-refractivity contribution in [2.75, 3.05) is 6.16 Å². The molecule has 52 valence electrons. The lowest BCUT2D eigenvalue weighted by atomic mass is 10.2. The number of carboxylic acids is 1. The van der Waals surface area contributed by atoms with Gasteiger partial charge in [-0.15, -0.1) is 0 Å². The molecule has 0 aromatic heterocycles. The highest BCUT2D eigenvalue weighted by molar-refractivity contribution is 7.96. The van der Waals surface area contributed by atoms with Gasteiger partial charge in [-0.25, -0.2) is 0 Å². The summed E-state index contributed by atoms with van der Waals surface area (Å²) in [4.78, 5) is 10.0. The van der Waals surface area contributed by atoms with Crippen molar-refractivity contribution in [3.63, 3.8) is 0 Å². The summed E-state index contributed by atoms with van der Waals surface area (Å²) in [5.74, 6) is -0.950. The first-order chi connectivity index (χ1) is 4.18. The molecular formula is C4H8NO2PS. The number of hydrogen-bond acceptors (Lipinski definition) is 3. The molecule has 0 aliphatic carbocycles. The molecule has 0 amide bonds. The Morgan fingerprint density at radius 3 is 2.78 bits per heavy atom. The van der Waals surface area contributed by atoms with Crippen molar-refractivity contribution < 1.29 is 9.90 Å². The zero-order valence-corrected chi connectivity index (χ0v) is 6.49. The summed E-state index contributed by atoms with van der Waals surface area (Å²) in [5, 5.41) is 8.25. The van der Waals surface area contributed by atoms with E-state index in [0.717, 1.165) is 7.36 Å². The highest BCUT2D eigenvalue weighted by Gasteiger charge is 2.08. The summed E-state index contributed by atoms with van der Waals surface area (Å²) < 4.78 is 0. The number of aliphatic carboxylic acids is 1. The van der Waals surface area contributed by atoms with Gasteiger partial charge in [0.05, 0.1) is 0 Å². The van der Waals surface area contributed by atoms with Crippen molar-refractivity contribution >= 4 is 25.1 Å². The van der Waals surface area contributed by atoms with E-state index in [1.165, 1.54) is 0 Å². The first kappa shape index (κ1) is 8.95. The molecule has 0 rings (SSSR count). The van der Waals surface area contributed by atoms with E-state index in [-0.39, 0.29) is 0 Å². The van der Waals surface area contributed by atoms with Crippen LogP contribution >= 0.6 is 7.36 Å². The molecule has 9 heavy (non-hydrogen) atoms. The second kappa shape index (κ2) is 4.79. The van der Waals surface area contributed by atoms with Gasteiger partial charge in [0.15, 0.2) is 0 Å². The first-order valence-corrected chi connectivity index (χ1v) is 4.55. The molecule has 0 saturated carbocycles. The molecule has 0 aromatic carbocycles. The Labute approximate surface area is 60.1 Å². The molecule has 0 unspecified atom stereocenters. The smallest absolute Gasteiger partial charge is 0.320 e. The van der Waals surface area contributed by atoms with Gasteiger partial charge in [-0.1, -0.05) is 11.8 Å². The van der Waals surface area contributed by atoms with Crippen molar-refractivity contribution in [1.29, 1.82) is 0 Å². The summed E-state index contributed by atoms with van der Waals surface area (Å²) in [5.41, 5.74) is 5.15. The van der Waals surface area contributed by atoms with Gasteiger partial charge in [0.2, 0.25) is 0 Å². The number of hydrogen-bond donors (Lipinski definition) is 2. The van der Waals surface area contributed by atoms with Gasteiger partial charge < -0.3 is 10.8 Å².